The second kappa shape index (κ2) is 8.08. The highest BCUT2D eigenvalue weighted by molar-refractivity contribution is 7.89. The third-order valence-corrected chi connectivity index (χ3v) is 7.67. The minimum atomic E-state index is -5.16. The predicted octanol–water partition coefficient (Wildman–Crippen LogP) is 2.37. The molecule has 0 bridgehead atoms. The topological polar surface area (TPSA) is 109 Å². The Morgan fingerprint density at radius 3 is 1.76 bits per heavy atom. The monoisotopic (exact) mass is 509 g/mol. The van der Waals surface area contributed by atoms with Crippen molar-refractivity contribution in [3.05, 3.63) is 47.3 Å². The van der Waals surface area contributed by atoms with E-state index in [-0.39, 0.29) is 48.7 Å². The highest BCUT2D eigenvalue weighted by Crippen LogP contribution is 2.40. The van der Waals surface area contributed by atoms with Crippen LogP contribution in [0.3, 0.4) is 0 Å². The van der Waals surface area contributed by atoms with E-state index >= 15 is 0 Å². The van der Waals surface area contributed by atoms with E-state index in [9.17, 15) is 39.6 Å². The predicted molar refractivity (Wildman–Crippen MR) is 105 cm³/mol. The van der Waals surface area contributed by atoms with Gasteiger partial charge in [-0.1, -0.05) is 0 Å². The van der Waals surface area contributed by atoms with Crippen molar-refractivity contribution in [2.75, 3.05) is 31.1 Å². The van der Waals surface area contributed by atoms with Gasteiger partial charge in [-0.25, -0.2) is 18.4 Å². The van der Waals surface area contributed by atoms with Crippen molar-refractivity contribution in [1.82, 2.24) is 14.3 Å². The zero-order chi connectivity index (χ0) is 25.1. The van der Waals surface area contributed by atoms with Crippen LogP contribution >= 0.6 is 0 Å². The van der Waals surface area contributed by atoms with Gasteiger partial charge in [-0.15, -0.1) is 0 Å². The molecule has 8 nitrogen and oxygen atoms in total. The van der Waals surface area contributed by atoms with Crippen molar-refractivity contribution in [3.63, 3.8) is 0 Å². The van der Waals surface area contributed by atoms with Crippen molar-refractivity contribution in [2.45, 2.75) is 17.2 Å². The van der Waals surface area contributed by atoms with Crippen LogP contribution in [0.5, 0.6) is 0 Å². The molecule has 1 aromatic heterocycles. The summed E-state index contributed by atoms with van der Waals surface area (Å²) in [6.45, 7) is 0.479. The average Bonchev–Trinajstić information content (AvgIpc) is 3.32. The smallest absolute Gasteiger partial charge is 0.366 e. The summed E-state index contributed by atoms with van der Waals surface area (Å²) in [5.41, 5.74) is 1.87. The van der Waals surface area contributed by atoms with E-state index in [0.717, 1.165) is 4.31 Å². The van der Waals surface area contributed by atoms with Gasteiger partial charge < -0.3 is 10.6 Å². The van der Waals surface area contributed by atoms with E-state index < -0.39 is 44.3 Å². The van der Waals surface area contributed by atoms with Crippen molar-refractivity contribution in [3.8, 4) is 0 Å². The van der Waals surface area contributed by atoms with E-state index in [2.05, 4.69) is 9.97 Å². The Hall–Kier alpha value is -2.94. The Morgan fingerprint density at radius 1 is 0.882 bits per heavy atom. The van der Waals surface area contributed by atoms with Gasteiger partial charge >= 0.3 is 12.4 Å². The zero-order valence-corrected chi connectivity index (χ0v) is 18.0. The van der Waals surface area contributed by atoms with Crippen molar-refractivity contribution < 1.29 is 39.6 Å². The van der Waals surface area contributed by atoms with Gasteiger partial charge in [0.2, 0.25) is 16.0 Å². The molecular weight excluding hydrogens is 492 g/mol. The summed E-state index contributed by atoms with van der Waals surface area (Å²) in [7, 11) is -4.61. The maximum atomic E-state index is 13.1. The summed E-state index contributed by atoms with van der Waals surface area (Å²) in [5.74, 6) is -0.875. The molecule has 2 unspecified atom stereocenters. The number of rotatable bonds is 4. The molecule has 0 radical (unpaired) electrons. The lowest BCUT2D eigenvalue weighted by Gasteiger charge is -2.22. The summed E-state index contributed by atoms with van der Waals surface area (Å²) in [4.78, 5) is 20.0. The first-order valence-corrected chi connectivity index (χ1v) is 11.3. The molecule has 184 valence electrons. The van der Waals surface area contributed by atoms with E-state index in [1.807, 2.05) is 0 Å². The van der Waals surface area contributed by atoms with Gasteiger partial charge in [0, 0.05) is 38.6 Å². The molecule has 2 atom stereocenters. The summed E-state index contributed by atoms with van der Waals surface area (Å²) in [5, 5.41) is 0. The highest BCUT2D eigenvalue weighted by Gasteiger charge is 2.46. The van der Waals surface area contributed by atoms with E-state index in [0.29, 0.717) is 19.0 Å². The molecule has 3 heterocycles. The number of alkyl halides is 6. The summed E-state index contributed by atoms with van der Waals surface area (Å²) < 4.78 is 106. The molecular formula is C19H17F6N5O3S. The average molecular weight is 509 g/mol. The molecule has 2 fully saturated rings. The number of amides is 1. The van der Waals surface area contributed by atoms with Gasteiger partial charge in [0.1, 0.15) is 0 Å². The maximum absolute atomic E-state index is 13.1. The molecule has 2 N–H and O–H groups in total. The normalized spacial score (nSPS) is 21.6. The largest absolute Gasteiger partial charge is 0.416 e. The van der Waals surface area contributed by atoms with Crippen LogP contribution in [-0.2, 0) is 22.4 Å². The number of anilines is 1. The fourth-order valence-electron chi connectivity index (χ4n) is 4.15. The minimum Gasteiger partial charge on any atom is -0.366 e. The number of nitrogens with zero attached hydrogens (tertiary/aromatic N) is 4. The molecule has 2 aliphatic heterocycles. The van der Waals surface area contributed by atoms with Gasteiger partial charge in [-0.05, 0) is 30.0 Å². The number of hydrogen-bond acceptors (Lipinski definition) is 6. The van der Waals surface area contributed by atoms with Crippen LogP contribution in [0.1, 0.15) is 21.5 Å². The number of carbonyl (C=O) groups excluding carboxylic acids is 1. The van der Waals surface area contributed by atoms with Crippen molar-refractivity contribution >= 4 is 21.9 Å². The van der Waals surface area contributed by atoms with Gasteiger partial charge in [0.05, 0.1) is 21.6 Å². The highest BCUT2D eigenvalue weighted by atomic mass is 32.2. The van der Waals surface area contributed by atoms with Crippen LogP contribution < -0.4 is 10.6 Å². The third kappa shape index (κ3) is 4.53. The SMILES string of the molecule is NC(=O)c1cnc(N2CC3CN(S(=O)(=O)c4cc(C(F)(F)F)cc(C(F)(F)F)c4)CC3C2)nc1. The molecule has 2 aliphatic rings. The lowest BCUT2D eigenvalue weighted by molar-refractivity contribution is -0.143. The number of benzene rings is 1. The van der Waals surface area contributed by atoms with Crippen LogP contribution in [0.25, 0.3) is 0 Å². The number of carbonyl (C=O) groups is 1. The molecule has 4 rings (SSSR count). The van der Waals surface area contributed by atoms with Crippen LogP contribution in [0.2, 0.25) is 0 Å². The molecule has 2 aromatic rings. The second-order valence-electron chi connectivity index (χ2n) is 8.12. The van der Waals surface area contributed by atoms with Crippen molar-refractivity contribution in [1.29, 1.82) is 0 Å². The molecule has 2 saturated heterocycles. The Kier molecular flexibility index (Phi) is 5.75. The quantitative estimate of drug-likeness (QED) is 0.634. The minimum absolute atomic E-state index is 0.0829. The lowest BCUT2D eigenvalue weighted by Crippen LogP contribution is -2.34. The van der Waals surface area contributed by atoms with Crippen LogP contribution in [0, 0.1) is 11.8 Å². The number of hydrogen-bond donors (Lipinski definition) is 1. The molecule has 1 amide bonds. The van der Waals surface area contributed by atoms with Crippen LogP contribution in [-0.4, -0.2) is 54.8 Å². The number of halogens is 6. The fourth-order valence-corrected chi connectivity index (χ4v) is 5.77. The Balaban J connectivity index is 1.54. The van der Waals surface area contributed by atoms with Gasteiger partial charge in [0.15, 0.2) is 0 Å². The molecule has 1 aromatic carbocycles. The molecule has 34 heavy (non-hydrogen) atoms. The number of fused-ring (bicyclic) bond motifs is 1. The number of nitrogens with two attached hydrogens (primary N) is 1. The molecule has 0 saturated carbocycles. The number of primary amides is 1. The Morgan fingerprint density at radius 2 is 1.35 bits per heavy atom. The Labute approximate surface area is 189 Å². The molecule has 15 heteroatoms. The van der Waals surface area contributed by atoms with E-state index in [1.54, 1.807) is 4.90 Å². The number of sulfonamides is 1. The summed E-state index contributed by atoms with van der Waals surface area (Å²) in [6, 6.07) is 0.331. The summed E-state index contributed by atoms with van der Waals surface area (Å²) in [6.07, 6.45) is -7.81. The van der Waals surface area contributed by atoms with E-state index in [1.165, 1.54) is 12.4 Å². The maximum Gasteiger partial charge on any atom is 0.416 e. The lowest BCUT2D eigenvalue weighted by atomic mass is 10.0. The fraction of sp³-hybridized carbons (Fsp3) is 0.421. The van der Waals surface area contributed by atoms with Gasteiger partial charge in [-0.2, -0.15) is 30.6 Å². The van der Waals surface area contributed by atoms with E-state index in [4.69, 9.17) is 5.73 Å². The van der Waals surface area contributed by atoms with Crippen LogP contribution in [0.4, 0.5) is 32.3 Å². The Bertz CT molecular complexity index is 1170. The van der Waals surface area contributed by atoms with Crippen molar-refractivity contribution in [2.24, 2.45) is 17.6 Å². The molecule has 0 aliphatic carbocycles. The standard InChI is InChI=1S/C19H17F6N5O3S/c20-18(21,22)13-1-14(19(23,24)25)3-15(2-13)34(32,33)30-8-11-6-29(7-12(11)9-30)17-27-4-10(5-28-17)16(26)31/h1-5,11-12H,6-9H2,(H2,26,31). The second-order valence-corrected chi connectivity index (χ2v) is 10.1. The number of aromatic nitrogens is 2. The van der Waals surface area contributed by atoms with Gasteiger partial charge in [-0.3, -0.25) is 4.79 Å². The van der Waals surface area contributed by atoms with Gasteiger partial charge in [0.25, 0.3) is 5.91 Å². The molecule has 0 spiro atoms. The first-order valence-electron chi connectivity index (χ1n) is 9.82. The third-order valence-electron chi connectivity index (χ3n) is 5.86. The zero-order valence-electron chi connectivity index (χ0n) is 17.1. The first kappa shape index (κ1) is 24.2. The van der Waals surface area contributed by atoms with Crippen LogP contribution in [0.15, 0.2) is 35.5 Å². The first-order chi connectivity index (χ1) is 15.7. The summed E-state index contributed by atoms with van der Waals surface area (Å²) >= 11 is 0.